The van der Waals surface area contributed by atoms with Crippen LogP contribution in [0.3, 0.4) is 0 Å². The Kier molecular flexibility index (Phi) is 7.33. The van der Waals surface area contributed by atoms with E-state index in [2.05, 4.69) is 19.2 Å². The molecule has 0 radical (unpaired) electrons. The number of amides is 1. The van der Waals surface area contributed by atoms with Gasteiger partial charge in [0.05, 0.1) is 13.2 Å². The number of benzene rings is 2. The molecule has 0 spiro atoms. The minimum atomic E-state index is -0.172. The second kappa shape index (κ2) is 9.70. The minimum absolute atomic E-state index is 0.0173. The molecule has 0 saturated heterocycles. The Morgan fingerprint density at radius 3 is 2.27 bits per heavy atom. The molecule has 0 aliphatic rings. The molecule has 0 heterocycles. The Morgan fingerprint density at radius 1 is 0.962 bits per heavy atom. The summed E-state index contributed by atoms with van der Waals surface area (Å²) >= 11 is 0. The Balaban J connectivity index is 1.76. The average Bonchev–Trinajstić information content (AvgIpc) is 2.65. The first kappa shape index (κ1) is 19.6. The first-order chi connectivity index (χ1) is 12.5. The van der Waals surface area contributed by atoms with Gasteiger partial charge in [0.25, 0.3) is 5.91 Å². The summed E-state index contributed by atoms with van der Waals surface area (Å²) in [5, 5.41) is 2.88. The van der Waals surface area contributed by atoms with E-state index in [1.165, 1.54) is 0 Å². The van der Waals surface area contributed by atoms with Crippen molar-refractivity contribution < 1.29 is 19.0 Å². The highest BCUT2D eigenvalue weighted by Crippen LogP contribution is 2.25. The molecule has 5 heteroatoms. The Bertz CT molecular complexity index is 697. The first-order valence-electron chi connectivity index (χ1n) is 8.77. The lowest BCUT2D eigenvalue weighted by atomic mass is 10.0. The highest BCUT2D eigenvalue weighted by molar-refractivity contribution is 5.77. The number of nitrogens with one attached hydrogen (secondary N) is 1. The first-order valence-corrected chi connectivity index (χ1v) is 8.77. The number of carbonyl (C=O) groups excluding carboxylic acids is 1. The van der Waals surface area contributed by atoms with Gasteiger partial charge in [-0.05, 0) is 48.7 Å². The predicted molar refractivity (Wildman–Crippen MR) is 102 cm³/mol. The number of hydrogen-bond donors (Lipinski definition) is 1. The van der Waals surface area contributed by atoms with Crippen LogP contribution in [0.15, 0.2) is 48.5 Å². The number of hydrogen-bond acceptors (Lipinski definition) is 4. The molecular weight excluding hydrogens is 330 g/mol. The standard InChI is InChI=1S/C21H27NO4/c1-15(2)19-7-5-6-8-20(19)26-14-21(23)22-16(3)13-25-18-11-9-17(24-4)10-12-18/h5-12,15-16H,13-14H2,1-4H3,(H,22,23)/t16-/m0/s1. The van der Waals surface area contributed by atoms with E-state index in [0.29, 0.717) is 12.5 Å². The molecule has 0 bridgehead atoms. The molecule has 2 rings (SSSR count). The van der Waals surface area contributed by atoms with Gasteiger partial charge in [-0.15, -0.1) is 0 Å². The van der Waals surface area contributed by atoms with Crippen LogP contribution in [0.2, 0.25) is 0 Å². The molecule has 26 heavy (non-hydrogen) atoms. The molecule has 2 aromatic carbocycles. The highest BCUT2D eigenvalue weighted by Gasteiger charge is 2.11. The van der Waals surface area contributed by atoms with Crippen molar-refractivity contribution in [2.24, 2.45) is 0 Å². The van der Waals surface area contributed by atoms with E-state index in [1.807, 2.05) is 55.5 Å². The van der Waals surface area contributed by atoms with Crippen LogP contribution in [0.5, 0.6) is 17.2 Å². The van der Waals surface area contributed by atoms with Crippen molar-refractivity contribution >= 4 is 5.91 Å². The van der Waals surface area contributed by atoms with E-state index >= 15 is 0 Å². The second-order valence-corrected chi connectivity index (χ2v) is 6.44. The second-order valence-electron chi connectivity index (χ2n) is 6.44. The molecule has 1 atom stereocenters. The van der Waals surface area contributed by atoms with Crippen molar-refractivity contribution in [1.82, 2.24) is 5.32 Å². The van der Waals surface area contributed by atoms with Crippen LogP contribution >= 0.6 is 0 Å². The number of carbonyl (C=O) groups is 1. The monoisotopic (exact) mass is 357 g/mol. The van der Waals surface area contributed by atoms with Crippen LogP contribution in [0.1, 0.15) is 32.3 Å². The van der Waals surface area contributed by atoms with Gasteiger partial charge in [-0.25, -0.2) is 0 Å². The van der Waals surface area contributed by atoms with Crippen LogP contribution in [0.25, 0.3) is 0 Å². The van der Waals surface area contributed by atoms with Crippen molar-refractivity contribution in [3.8, 4) is 17.2 Å². The fourth-order valence-corrected chi connectivity index (χ4v) is 2.48. The molecule has 0 aromatic heterocycles. The predicted octanol–water partition coefficient (Wildman–Crippen LogP) is 3.78. The van der Waals surface area contributed by atoms with E-state index in [1.54, 1.807) is 7.11 Å². The Morgan fingerprint density at radius 2 is 1.62 bits per heavy atom. The molecule has 0 aliphatic carbocycles. The van der Waals surface area contributed by atoms with Gasteiger partial charge in [0.15, 0.2) is 6.61 Å². The Labute approximate surface area is 155 Å². The van der Waals surface area contributed by atoms with Gasteiger partial charge in [-0.1, -0.05) is 32.0 Å². The number of para-hydroxylation sites is 1. The largest absolute Gasteiger partial charge is 0.497 e. The molecule has 2 aromatic rings. The third-order valence-electron chi connectivity index (χ3n) is 3.87. The SMILES string of the molecule is COc1ccc(OC[C@H](C)NC(=O)COc2ccccc2C(C)C)cc1. The van der Waals surface area contributed by atoms with Crippen LogP contribution in [0, 0.1) is 0 Å². The summed E-state index contributed by atoms with van der Waals surface area (Å²) in [5.74, 6) is 2.42. The zero-order valence-corrected chi connectivity index (χ0v) is 15.8. The molecule has 0 saturated carbocycles. The maximum atomic E-state index is 12.1. The average molecular weight is 357 g/mol. The lowest BCUT2D eigenvalue weighted by Gasteiger charge is -2.17. The van der Waals surface area contributed by atoms with E-state index < -0.39 is 0 Å². The minimum Gasteiger partial charge on any atom is -0.497 e. The summed E-state index contributed by atoms with van der Waals surface area (Å²) in [6.45, 7) is 6.45. The Hall–Kier alpha value is -2.69. The molecule has 1 amide bonds. The molecule has 0 aliphatic heterocycles. The molecular formula is C21H27NO4. The van der Waals surface area contributed by atoms with Crippen LogP contribution in [-0.2, 0) is 4.79 Å². The highest BCUT2D eigenvalue weighted by atomic mass is 16.5. The molecule has 0 fully saturated rings. The van der Waals surface area contributed by atoms with Crippen LogP contribution in [0.4, 0.5) is 0 Å². The molecule has 5 nitrogen and oxygen atoms in total. The fourth-order valence-electron chi connectivity index (χ4n) is 2.48. The number of ether oxygens (including phenoxy) is 3. The lowest BCUT2D eigenvalue weighted by Crippen LogP contribution is -2.39. The summed E-state index contributed by atoms with van der Waals surface area (Å²) < 4.78 is 16.5. The summed E-state index contributed by atoms with van der Waals surface area (Å²) in [6, 6.07) is 15.0. The van der Waals surface area contributed by atoms with Gasteiger partial charge in [-0.2, -0.15) is 0 Å². The third kappa shape index (κ3) is 5.99. The van der Waals surface area contributed by atoms with Gasteiger partial charge in [0.1, 0.15) is 23.9 Å². The summed E-state index contributed by atoms with van der Waals surface area (Å²) in [7, 11) is 1.62. The topological polar surface area (TPSA) is 56.8 Å². The van der Waals surface area contributed by atoms with Gasteiger partial charge in [0.2, 0.25) is 0 Å². The van der Waals surface area contributed by atoms with Crippen molar-refractivity contribution in [3.05, 3.63) is 54.1 Å². The smallest absolute Gasteiger partial charge is 0.258 e. The third-order valence-corrected chi connectivity index (χ3v) is 3.87. The maximum absolute atomic E-state index is 12.1. The maximum Gasteiger partial charge on any atom is 0.258 e. The van der Waals surface area contributed by atoms with Crippen LogP contribution < -0.4 is 19.5 Å². The summed E-state index contributed by atoms with van der Waals surface area (Å²) in [6.07, 6.45) is 0. The molecule has 0 unspecified atom stereocenters. The van der Waals surface area contributed by atoms with E-state index in [9.17, 15) is 4.79 Å². The van der Waals surface area contributed by atoms with Crippen molar-refractivity contribution in [2.45, 2.75) is 32.7 Å². The summed E-state index contributed by atoms with van der Waals surface area (Å²) in [4.78, 5) is 12.1. The van der Waals surface area contributed by atoms with E-state index in [4.69, 9.17) is 14.2 Å². The van der Waals surface area contributed by atoms with Gasteiger partial charge < -0.3 is 19.5 Å². The van der Waals surface area contributed by atoms with E-state index in [0.717, 1.165) is 22.8 Å². The lowest BCUT2D eigenvalue weighted by molar-refractivity contribution is -0.123. The summed E-state index contributed by atoms with van der Waals surface area (Å²) in [5.41, 5.74) is 1.09. The van der Waals surface area contributed by atoms with Gasteiger partial charge >= 0.3 is 0 Å². The normalized spacial score (nSPS) is 11.7. The molecule has 1 N–H and O–H groups in total. The number of methoxy groups -OCH3 is 1. The van der Waals surface area contributed by atoms with Crippen LogP contribution in [-0.4, -0.2) is 32.3 Å². The van der Waals surface area contributed by atoms with Crippen molar-refractivity contribution in [1.29, 1.82) is 0 Å². The zero-order valence-electron chi connectivity index (χ0n) is 15.8. The zero-order chi connectivity index (χ0) is 18.9. The van der Waals surface area contributed by atoms with Gasteiger partial charge in [-0.3, -0.25) is 4.79 Å². The fraction of sp³-hybridized carbons (Fsp3) is 0.381. The van der Waals surface area contributed by atoms with Gasteiger partial charge in [0, 0.05) is 0 Å². The molecule has 140 valence electrons. The van der Waals surface area contributed by atoms with Crippen molar-refractivity contribution in [3.63, 3.8) is 0 Å². The van der Waals surface area contributed by atoms with E-state index in [-0.39, 0.29) is 18.6 Å². The number of rotatable bonds is 9. The quantitative estimate of drug-likeness (QED) is 0.742. The van der Waals surface area contributed by atoms with Crippen molar-refractivity contribution in [2.75, 3.05) is 20.3 Å².